The average Bonchev–Trinajstić information content (AvgIpc) is 2.49. The van der Waals surface area contributed by atoms with E-state index < -0.39 is 0 Å². The van der Waals surface area contributed by atoms with Crippen LogP contribution in [0.25, 0.3) is 10.8 Å². The lowest BCUT2D eigenvalue weighted by atomic mass is 9.98. The third kappa shape index (κ3) is 2.67. The van der Waals surface area contributed by atoms with Crippen LogP contribution in [0.4, 0.5) is 5.69 Å². The number of amides is 2. The monoisotopic (exact) mass is 284 g/mol. The summed E-state index contributed by atoms with van der Waals surface area (Å²) in [7, 11) is 0. The van der Waals surface area contributed by atoms with Gasteiger partial charge in [0.15, 0.2) is 0 Å². The molecular formula is C16H16N2O3. The number of carbonyl (C=O) groups is 2. The summed E-state index contributed by atoms with van der Waals surface area (Å²) >= 11 is 0. The van der Waals surface area contributed by atoms with Crippen molar-refractivity contribution >= 4 is 28.3 Å². The fourth-order valence-corrected chi connectivity index (χ4v) is 2.59. The zero-order chi connectivity index (χ0) is 14.8. The SMILES string of the molecule is O=C1CCC(C(=O)Nc2cccc3c(O)cccc23)CN1. The van der Waals surface area contributed by atoms with E-state index in [-0.39, 0.29) is 23.5 Å². The summed E-state index contributed by atoms with van der Waals surface area (Å²) in [5, 5.41) is 16.9. The maximum Gasteiger partial charge on any atom is 0.229 e. The van der Waals surface area contributed by atoms with Crippen LogP contribution in [0.2, 0.25) is 0 Å². The number of benzene rings is 2. The lowest BCUT2D eigenvalue weighted by molar-refractivity contribution is -0.126. The predicted octanol–water partition coefficient (Wildman–Crippen LogP) is 2.01. The molecule has 5 nitrogen and oxygen atoms in total. The molecule has 1 aliphatic rings. The standard InChI is InChI=1S/C16H16N2O3/c19-14-6-2-3-11-12(14)4-1-5-13(11)18-16(21)10-7-8-15(20)17-9-10/h1-6,10,19H,7-9H2,(H,17,20)(H,18,21). The maximum absolute atomic E-state index is 12.3. The third-order valence-electron chi connectivity index (χ3n) is 3.79. The highest BCUT2D eigenvalue weighted by molar-refractivity contribution is 6.04. The largest absolute Gasteiger partial charge is 0.507 e. The molecule has 5 heteroatoms. The first-order valence-corrected chi connectivity index (χ1v) is 6.93. The molecule has 0 spiro atoms. The molecule has 0 radical (unpaired) electrons. The first-order valence-electron chi connectivity index (χ1n) is 6.93. The summed E-state index contributed by atoms with van der Waals surface area (Å²) in [5.41, 5.74) is 0.672. The van der Waals surface area contributed by atoms with E-state index in [0.29, 0.717) is 30.5 Å². The minimum Gasteiger partial charge on any atom is -0.507 e. The van der Waals surface area contributed by atoms with E-state index in [1.807, 2.05) is 6.07 Å². The molecule has 21 heavy (non-hydrogen) atoms. The summed E-state index contributed by atoms with van der Waals surface area (Å²) in [6.45, 7) is 0.376. The van der Waals surface area contributed by atoms with Crippen molar-refractivity contribution in [3.8, 4) is 5.75 Å². The number of phenols is 1. The Bertz CT molecular complexity index is 702. The molecule has 1 unspecified atom stereocenters. The second-order valence-electron chi connectivity index (χ2n) is 5.21. The van der Waals surface area contributed by atoms with Crippen LogP contribution < -0.4 is 10.6 Å². The Morgan fingerprint density at radius 2 is 1.95 bits per heavy atom. The van der Waals surface area contributed by atoms with E-state index in [2.05, 4.69) is 10.6 Å². The van der Waals surface area contributed by atoms with Crippen LogP contribution in [0.1, 0.15) is 12.8 Å². The Morgan fingerprint density at radius 3 is 2.71 bits per heavy atom. The van der Waals surface area contributed by atoms with Crippen LogP contribution in [0, 0.1) is 5.92 Å². The van der Waals surface area contributed by atoms with Gasteiger partial charge in [0, 0.05) is 29.4 Å². The van der Waals surface area contributed by atoms with Crippen molar-refractivity contribution in [1.29, 1.82) is 0 Å². The van der Waals surface area contributed by atoms with E-state index >= 15 is 0 Å². The van der Waals surface area contributed by atoms with Gasteiger partial charge in [0.05, 0.1) is 5.92 Å². The van der Waals surface area contributed by atoms with Gasteiger partial charge >= 0.3 is 0 Å². The smallest absolute Gasteiger partial charge is 0.229 e. The lowest BCUT2D eigenvalue weighted by Gasteiger charge is -2.22. The molecule has 0 aromatic heterocycles. The van der Waals surface area contributed by atoms with Gasteiger partial charge in [-0.2, -0.15) is 0 Å². The maximum atomic E-state index is 12.3. The molecule has 2 aromatic rings. The van der Waals surface area contributed by atoms with E-state index in [1.165, 1.54) is 0 Å². The fourth-order valence-electron chi connectivity index (χ4n) is 2.59. The normalized spacial score (nSPS) is 18.3. The summed E-state index contributed by atoms with van der Waals surface area (Å²) in [4.78, 5) is 23.4. The first-order chi connectivity index (χ1) is 10.1. The number of rotatable bonds is 2. The Balaban J connectivity index is 1.83. The minimum atomic E-state index is -0.213. The van der Waals surface area contributed by atoms with E-state index in [1.54, 1.807) is 30.3 Å². The highest BCUT2D eigenvalue weighted by Crippen LogP contribution is 2.30. The number of hydrogen-bond acceptors (Lipinski definition) is 3. The molecule has 0 aliphatic carbocycles. The van der Waals surface area contributed by atoms with Crippen LogP contribution in [0.5, 0.6) is 5.75 Å². The van der Waals surface area contributed by atoms with Gasteiger partial charge in [-0.25, -0.2) is 0 Å². The molecule has 0 bridgehead atoms. The average molecular weight is 284 g/mol. The highest BCUT2D eigenvalue weighted by Gasteiger charge is 2.24. The van der Waals surface area contributed by atoms with Crippen LogP contribution in [0.15, 0.2) is 36.4 Å². The molecule has 1 saturated heterocycles. The van der Waals surface area contributed by atoms with Crippen LogP contribution in [-0.2, 0) is 9.59 Å². The van der Waals surface area contributed by atoms with Gasteiger partial charge in [0.25, 0.3) is 0 Å². The second kappa shape index (κ2) is 5.44. The Hall–Kier alpha value is -2.56. The predicted molar refractivity (Wildman–Crippen MR) is 80.0 cm³/mol. The van der Waals surface area contributed by atoms with Gasteiger partial charge < -0.3 is 15.7 Å². The van der Waals surface area contributed by atoms with Crippen molar-refractivity contribution in [2.45, 2.75) is 12.8 Å². The molecule has 1 atom stereocenters. The molecule has 0 saturated carbocycles. The molecule has 1 fully saturated rings. The Labute approximate surface area is 122 Å². The van der Waals surface area contributed by atoms with Gasteiger partial charge in [-0.15, -0.1) is 0 Å². The van der Waals surface area contributed by atoms with E-state index in [4.69, 9.17) is 0 Å². The first kappa shape index (κ1) is 13.4. The van der Waals surface area contributed by atoms with Crippen molar-refractivity contribution in [3.63, 3.8) is 0 Å². The lowest BCUT2D eigenvalue weighted by Crippen LogP contribution is -2.40. The van der Waals surface area contributed by atoms with Crippen molar-refractivity contribution in [2.75, 3.05) is 11.9 Å². The summed E-state index contributed by atoms with van der Waals surface area (Å²) in [5.74, 6) is -0.135. The number of aromatic hydroxyl groups is 1. The van der Waals surface area contributed by atoms with Crippen LogP contribution in [0.3, 0.4) is 0 Å². The number of anilines is 1. The summed E-state index contributed by atoms with van der Waals surface area (Å²) in [6, 6.07) is 10.6. The van der Waals surface area contributed by atoms with Gasteiger partial charge in [-0.3, -0.25) is 9.59 Å². The van der Waals surface area contributed by atoms with Crippen molar-refractivity contribution < 1.29 is 14.7 Å². The molecular weight excluding hydrogens is 268 g/mol. The Morgan fingerprint density at radius 1 is 1.19 bits per heavy atom. The molecule has 2 amide bonds. The highest BCUT2D eigenvalue weighted by atomic mass is 16.3. The van der Waals surface area contributed by atoms with E-state index in [9.17, 15) is 14.7 Å². The summed E-state index contributed by atoms with van der Waals surface area (Å²) in [6.07, 6.45) is 0.947. The van der Waals surface area contributed by atoms with Gasteiger partial charge in [0.1, 0.15) is 5.75 Å². The molecule has 3 N–H and O–H groups in total. The number of hydrogen-bond donors (Lipinski definition) is 3. The van der Waals surface area contributed by atoms with Gasteiger partial charge in [0.2, 0.25) is 11.8 Å². The van der Waals surface area contributed by atoms with E-state index in [0.717, 1.165) is 5.39 Å². The number of fused-ring (bicyclic) bond motifs is 1. The van der Waals surface area contributed by atoms with Crippen LogP contribution in [-0.4, -0.2) is 23.5 Å². The molecule has 108 valence electrons. The van der Waals surface area contributed by atoms with Crippen molar-refractivity contribution in [2.24, 2.45) is 5.92 Å². The van der Waals surface area contributed by atoms with Crippen molar-refractivity contribution in [3.05, 3.63) is 36.4 Å². The molecule has 1 aliphatic heterocycles. The molecule has 3 rings (SSSR count). The molecule has 2 aromatic carbocycles. The second-order valence-corrected chi connectivity index (χ2v) is 5.21. The zero-order valence-electron chi connectivity index (χ0n) is 11.4. The summed E-state index contributed by atoms with van der Waals surface area (Å²) < 4.78 is 0. The Kier molecular flexibility index (Phi) is 3.48. The number of phenolic OH excluding ortho intramolecular Hbond substituents is 1. The van der Waals surface area contributed by atoms with Gasteiger partial charge in [-0.05, 0) is 18.6 Å². The minimum absolute atomic E-state index is 0.00543. The number of carbonyl (C=O) groups excluding carboxylic acids is 2. The zero-order valence-corrected chi connectivity index (χ0v) is 11.4. The fraction of sp³-hybridized carbons (Fsp3) is 0.250. The molecule has 1 heterocycles. The van der Waals surface area contributed by atoms with Crippen molar-refractivity contribution in [1.82, 2.24) is 5.32 Å². The third-order valence-corrected chi connectivity index (χ3v) is 3.79. The van der Waals surface area contributed by atoms with Crippen LogP contribution >= 0.6 is 0 Å². The number of nitrogens with one attached hydrogen (secondary N) is 2. The topological polar surface area (TPSA) is 78.4 Å². The number of piperidine rings is 1. The quantitative estimate of drug-likeness (QED) is 0.789. The van der Waals surface area contributed by atoms with Gasteiger partial charge in [-0.1, -0.05) is 24.3 Å².